The molecule has 2 saturated heterocycles. The zero-order valence-corrected chi connectivity index (χ0v) is 17.7. The number of fused-ring (bicyclic) bond motifs is 2. The van der Waals surface area contributed by atoms with E-state index >= 15 is 0 Å². The molecule has 3 fully saturated rings. The van der Waals surface area contributed by atoms with Crippen LogP contribution in [0, 0.1) is 12.9 Å². The first-order valence-corrected chi connectivity index (χ1v) is 11.2. The van der Waals surface area contributed by atoms with Gasteiger partial charge in [-0.2, -0.15) is 9.37 Å². The molecule has 0 aromatic carbocycles. The summed E-state index contributed by atoms with van der Waals surface area (Å²) in [5, 5.41) is 13.5. The summed E-state index contributed by atoms with van der Waals surface area (Å²) in [7, 11) is -3.91. The zero-order chi connectivity index (χ0) is 22.3. The number of anilines is 1. The lowest BCUT2D eigenvalue weighted by Gasteiger charge is -2.22. The minimum atomic E-state index is -3.91. The molecular formula is C17H21FN5O7P. The van der Waals surface area contributed by atoms with Crippen LogP contribution in [0.4, 0.5) is 10.1 Å². The fourth-order valence-electron chi connectivity index (χ4n) is 4.10. The molecule has 12 nitrogen and oxygen atoms in total. The van der Waals surface area contributed by atoms with Gasteiger partial charge in [0.1, 0.15) is 29.9 Å². The van der Waals surface area contributed by atoms with Crippen LogP contribution in [0.3, 0.4) is 0 Å². The number of rotatable bonds is 5. The normalized spacial score (nSPS) is 36.9. The van der Waals surface area contributed by atoms with Crippen molar-refractivity contribution in [1.29, 1.82) is 0 Å². The Hall–Kier alpha value is -2.15. The van der Waals surface area contributed by atoms with Crippen molar-refractivity contribution in [3.05, 3.63) is 17.8 Å². The van der Waals surface area contributed by atoms with E-state index < -0.39 is 55.8 Å². The molecule has 5 rings (SSSR count). The Kier molecular flexibility index (Phi) is 4.46. The van der Waals surface area contributed by atoms with Gasteiger partial charge in [-0.1, -0.05) is 0 Å². The smallest absolute Gasteiger partial charge is 0.407 e. The van der Waals surface area contributed by atoms with E-state index in [1.165, 1.54) is 24.7 Å². The number of nitrogens with one attached hydrogen (secondary N) is 1. The van der Waals surface area contributed by atoms with E-state index in [4.69, 9.17) is 24.3 Å². The summed E-state index contributed by atoms with van der Waals surface area (Å²) in [6, 6.07) is -0.954. The lowest BCUT2D eigenvalue weighted by molar-refractivity contribution is -0.144. The van der Waals surface area contributed by atoms with E-state index in [0.29, 0.717) is 0 Å². The van der Waals surface area contributed by atoms with Gasteiger partial charge in [0, 0.05) is 5.56 Å². The largest absolute Gasteiger partial charge is 0.465 e. The molecule has 168 valence electrons. The summed E-state index contributed by atoms with van der Waals surface area (Å²) in [6.45, 7) is 4.76. The minimum absolute atomic E-state index is 0.0926. The van der Waals surface area contributed by atoms with Crippen LogP contribution >= 0.6 is 7.75 Å². The van der Waals surface area contributed by atoms with Crippen LogP contribution in [0.2, 0.25) is 0 Å². The van der Waals surface area contributed by atoms with Crippen LogP contribution in [0.15, 0.2) is 6.33 Å². The van der Waals surface area contributed by atoms with E-state index in [9.17, 15) is 18.9 Å². The molecule has 4 heterocycles. The van der Waals surface area contributed by atoms with Crippen LogP contribution in [0.1, 0.15) is 25.6 Å². The number of nitrogen functional groups attached to an aromatic ring is 1. The summed E-state index contributed by atoms with van der Waals surface area (Å²) in [6.07, 6.45) is -2.55. The molecule has 0 bridgehead atoms. The van der Waals surface area contributed by atoms with Gasteiger partial charge in [-0.3, -0.25) is 18.4 Å². The standard InChI is InChI=1S/C17H21FN5O7P/c1-4-27-16(25)7(3)22-31(26)29-12-11-17(12,30-31)10(24)15(28-11)23-5-20-9-8(19)6(2)13(18)21-14(9)23/h5,7,10-12,15,24H,4H2,1-3H3,(H2,19,21)(H,22,26). The van der Waals surface area contributed by atoms with Gasteiger partial charge in [-0.05, 0) is 20.8 Å². The molecule has 0 amide bonds. The van der Waals surface area contributed by atoms with Crippen molar-refractivity contribution >= 4 is 30.6 Å². The highest BCUT2D eigenvalue weighted by molar-refractivity contribution is 7.52. The third-order valence-corrected chi connectivity index (χ3v) is 7.58. The third-order valence-electron chi connectivity index (χ3n) is 5.81. The summed E-state index contributed by atoms with van der Waals surface area (Å²) >= 11 is 0. The molecule has 14 heteroatoms. The van der Waals surface area contributed by atoms with Crippen molar-refractivity contribution in [2.45, 2.75) is 57.0 Å². The van der Waals surface area contributed by atoms with Crippen molar-refractivity contribution in [2.75, 3.05) is 12.3 Å². The number of esters is 1. The van der Waals surface area contributed by atoms with Gasteiger partial charge in [0.05, 0.1) is 18.6 Å². The molecule has 1 spiro atoms. The van der Waals surface area contributed by atoms with Crippen molar-refractivity contribution < 1.29 is 37.4 Å². The number of nitrogens with two attached hydrogens (primary N) is 1. The summed E-state index contributed by atoms with van der Waals surface area (Å²) in [5.74, 6) is -1.38. The van der Waals surface area contributed by atoms with Gasteiger partial charge in [0.2, 0.25) is 5.95 Å². The molecule has 7 unspecified atom stereocenters. The molecule has 1 saturated carbocycles. The van der Waals surface area contributed by atoms with Crippen molar-refractivity contribution in [3.8, 4) is 0 Å². The Morgan fingerprint density at radius 1 is 1.55 bits per heavy atom. The van der Waals surface area contributed by atoms with Gasteiger partial charge in [0.25, 0.3) is 0 Å². The van der Waals surface area contributed by atoms with E-state index in [2.05, 4.69) is 15.1 Å². The lowest BCUT2D eigenvalue weighted by Crippen LogP contribution is -2.37. The highest BCUT2D eigenvalue weighted by atomic mass is 31.2. The van der Waals surface area contributed by atoms with E-state index in [1.54, 1.807) is 6.92 Å². The second kappa shape index (κ2) is 6.67. The van der Waals surface area contributed by atoms with Crippen LogP contribution < -0.4 is 10.8 Å². The van der Waals surface area contributed by atoms with Crippen LogP contribution in [-0.4, -0.2) is 62.2 Å². The van der Waals surface area contributed by atoms with Crippen LogP contribution in [0.25, 0.3) is 11.2 Å². The quantitative estimate of drug-likeness (QED) is 0.326. The van der Waals surface area contributed by atoms with E-state index in [1.807, 2.05) is 0 Å². The summed E-state index contributed by atoms with van der Waals surface area (Å²) in [5.41, 5.74) is 5.20. The molecule has 1 aliphatic carbocycles. The first-order valence-electron chi connectivity index (χ1n) is 9.68. The van der Waals surface area contributed by atoms with Gasteiger partial charge < -0.3 is 20.3 Å². The molecule has 3 aliphatic rings. The maximum atomic E-state index is 14.1. The van der Waals surface area contributed by atoms with Crippen LogP contribution in [0.5, 0.6) is 0 Å². The molecule has 7 atom stereocenters. The SMILES string of the molecule is CCOC(=O)C(C)NP1(=O)OC2C3OC(n4cnc5c(N)c(C)c(F)nc54)C(O)C32O1. The fourth-order valence-corrected chi connectivity index (χ4v) is 6.14. The Morgan fingerprint density at radius 3 is 3.00 bits per heavy atom. The summed E-state index contributed by atoms with van der Waals surface area (Å²) < 4.78 is 50.2. The Bertz CT molecular complexity index is 1140. The second-order valence-electron chi connectivity index (χ2n) is 7.73. The van der Waals surface area contributed by atoms with Gasteiger partial charge in [-0.25, -0.2) is 14.6 Å². The first-order chi connectivity index (χ1) is 14.6. The number of hydrogen-bond acceptors (Lipinski definition) is 10. The molecule has 2 aromatic rings. The second-order valence-corrected chi connectivity index (χ2v) is 9.38. The Labute approximate surface area is 175 Å². The zero-order valence-electron chi connectivity index (χ0n) is 16.8. The number of ether oxygens (including phenoxy) is 2. The van der Waals surface area contributed by atoms with Gasteiger partial charge >= 0.3 is 13.7 Å². The number of aromatic nitrogens is 3. The monoisotopic (exact) mass is 457 g/mol. The van der Waals surface area contributed by atoms with E-state index in [-0.39, 0.29) is 29.0 Å². The first kappa shape index (κ1) is 20.7. The maximum absolute atomic E-state index is 14.1. The van der Waals surface area contributed by atoms with Gasteiger partial charge in [-0.15, -0.1) is 0 Å². The maximum Gasteiger partial charge on any atom is 0.407 e. The number of pyridine rings is 1. The minimum Gasteiger partial charge on any atom is -0.465 e. The Morgan fingerprint density at radius 2 is 2.29 bits per heavy atom. The number of nitrogens with zero attached hydrogens (tertiary/aromatic N) is 3. The number of aliphatic hydroxyl groups is 1. The number of hydrogen-bond donors (Lipinski definition) is 3. The lowest BCUT2D eigenvalue weighted by atomic mass is 10.1. The highest BCUT2D eigenvalue weighted by Gasteiger charge is 2.86. The molecule has 31 heavy (non-hydrogen) atoms. The predicted octanol–water partition coefficient (Wildman–Crippen LogP) is 0.536. The van der Waals surface area contributed by atoms with E-state index in [0.717, 1.165) is 0 Å². The number of halogens is 1. The van der Waals surface area contributed by atoms with Crippen LogP contribution in [-0.2, 0) is 27.9 Å². The van der Waals surface area contributed by atoms with Crippen molar-refractivity contribution in [2.24, 2.45) is 0 Å². The number of carbonyl (C=O) groups excluding carboxylic acids is 1. The molecule has 2 aliphatic heterocycles. The number of imidazole rings is 1. The number of carbonyl (C=O) groups is 1. The average Bonchev–Trinajstić information content (AvgIpc) is 3.05. The molecule has 2 aromatic heterocycles. The predicted molar refractivity (Wildman–Crippen MR) is 102 cm³/mol. The number of aliphatic hydroxyl groups excluding tert-OH is 1. The van der Waals surface area contributed by atoms with Crippen molar-refractivity contribution in [1.82, 2.24) is 19.6 Å². The third kappa shape index (κ3) is 2.78. The summed E-state index contributed by atoms with van der Waals surface area (Å²) in [4.78, 5) is 19.8. The van der Waals surface area contributed by atoms with Gasteiger partial charge in [0.15, 0.2) is 17.5 Å². The molecule has 0 radical (unpaired) electrons. The highest BCUT2D eigenvalue weighted by Crippen LogP contribution is 2.73. The van der Waals surface area contributed by atoms with Crippen molar-refractivity contribution in [3.63, 3.8) is 0 Å². The topological polar surface area (TPSA) is 160 Å². The molecule has 4 N–H and O–H groups in total. The average molecular weight is 457 g/mol. The molecular weight excluding hydrogens is 436 g/mol. The fraction of sp³-hybridized carbons (Fsp3) is 0.588. The Balaban J connectivity index is 1.39.